The summed E-state index contributed by atoms with van der Waals surface area (Å²) >= 11 is 0. The summed E-state index contributed by atoms with van der Waals surface area (Å²) in [5.41, 5.74) is 0.453. The molecule has 0 heterocycles. The Bertz CT molecular complexity index is 752. The summed E-state index contributed by atoms with van der Waals surface area (Å²) in [6.07, 6.45) is 0.940. The molecule has 104 valence electrons. The van der Waals surface area contributed by atoms with Gasteiger partial charge in [-0.1, -0.05) is 29.8 Å². The number of aryl methyl sites for hydroxylation is 1. The molecule has 0 radical (unpaired) electrons. The van der Waals surface area contributed by atoms with Gasteiger partial charge in [-0.15, -0.1) is 0 Å². The van der Waals surface area contributed by atoms with Gasteiger partial charge in [0.2, 0.25) is 5.78 Å². The standard InChI is InChI=1S/C17H11F2NO/c1-11-4-2-5-12(8-11)17(21)13(10-20)9-14-15(18)6-3-7-16(14)19/h2-9H,1H3/b13-9+. The van der Waals surface area contributed by atoms with Gasteiger partial charge in [0, 0.05) is 11.1 Å². The number of carbonyl (C=O) groups excluding carboxylic acids is 1. The Hall–Kier alpha value is -2.80. The fraction of sp³-hybridized carbons (Fsp3) is 0.0588. The first-order valence-electron chi connectivity index (χ1n) is 6.20. The molecule has 0 saturated carbocycles. The molecule has 0 aliphatic rings. The zero-order chi connectivity index (χ0) is 15.4. The van der Waals surface area contributed by atoms with Crippen LogP contribution in [0.5, 0.6) is 0 Å². The van der Waals surface area contributed by atoms with Crippen molar-refractivity contribution in [2.45, 2.75) is 6.92 Å². The summed E-state index contributed by atoms with van der Waals surface area (Å²) < 4.78 is 27.1. The average Bonchev–Trinajstić information content (AvgIpc) is 2.46. The lowest BCUT2D eigenvalue weighted by Gasteiger charge is -2.03. The average molecular weight is 283 g/mol. The van der Waals surface area contributed by atoms with E-state index in [0.29, 0.717) is 5.56 Å². The predicted octanol–water partition coefficient (Wildman–Crippen LogP) is 4.06. The van der Waals surface area contributed by atoms with Crippen molar-refractivity contribution in [1.29, 1.82) is 5.26 Å². The largest absolute Gasteiger partial charge is 0.288 e. The number of hydrogen-bond acceptors (Lipinski definition) is 2. The molecule has 0 unspecified atom stereocenters. The van der Waals surface area contributed by atoms with Crippen molar-refractivity contribution in [2.24, 2.45) is 0 Å². The second-order valence-electron chi connectivity index (χ2n) is 4.50. The third kappa shape index (κ3) is 3.21. The number of Topliss-reactive ketones (excluding diaryl/α,β-unsaturated/α-hetero) is 1. The van der Waals surface area contributed by atoms with Gasteiger partial charge < -0.3 is 0 Å². The van der Waals surface area contributed by atoms with E-state index in [9.17, 15) is 13.6 Å². The Balaban J connectivity index is 2.47. The highest BCUT2D eigenvalue weighted by molar-refractivity contribution is 6.14. The van der Waals surface area contributed by atoms with Gasteiger partial charge in [0.25, 0.3) is 0 Å². The summed E-state index contributed by atoms with van der Waals surface area (Å²) in [7, 11) is 0. The quantitative estimate of drug-likeness (QED) is 0.484. The van der Waals surface area contributed by atoms with Crippen LogP contribution in [0, 0.1) is 29.9 Å². The maximum absolute atomic E-state index is 13.6. The molecule has 0 amide bonds. The summed E-state index contributed by atoms with van der Waals surface area (Å²) in [4.78, 5) is 12.2. The number of hydrogen-bond donors (Lipinski definition) is 0. The minimum Gasteiger partial charge on any atom is -0.288 e. The molecule has 21 heavy (non-hydrogen) atoms. The van der Waals surface area contributed by atoms with E-state index >= 15 is 0 Å². The van der Waals surface area contributed by atoms with Gasteiger partial charge in [-0.05, 0) is 31.2 Å². The Kier molecular flexibility index (Phi) is 4.24. The summed E-state index contributed by atoms with van der Waals surface area (Å²) in [5, 5.41) is 9.09. The van der Waals surface area contributed by atoms with Crippen molar-refractivity contribution in [2.75, 3.05) is 0 Å². The van der Waals surface area contributed by atoms with Gasteiger partial charge in [-0.25, -0.2) is 8.78 Å². The third-order valence-electron chi connectivity index (χ3n) is 2.93. The van der Waals surface area contributed by atoms with Crippen molar-refractivity contribution in [3.63, 3.8) is 0 Å². The SMILES string of the molecule is Cc1cccc(C(=O)/C(C#N)=C/c2c(F)cccc2F)c1. The van der Waals surface area contributed by atoms with Crippen LogP contribution in [0.3, 0.4) is 0 Å². The fourth-order valence-electron chi connectivity index (χ4n) is 1.88. The molecule has 4 heteroatoms. The number of ketones is 1. The molecule has 0 bridgehead atoms. The first-order chi connectivity index (χ1) is 10.0. The van der Waals surface area contributed by atoms with Gasteiger partial charge in [0.05, 0.1) is 0 Å². The summed E-state index contributed by atoms with van der Waals surface area (Å²) in [5.74, 6) is -2.21. The number of nitrogens with zero attached hydrogens (tertiary/aromatic N) is 1. The van der Waals surface area contributed by atoms with Crippen molar-refractivity contribution in [3.8, 4) is 6.07 Å². The van der Waals surface area contributed by atoms with E-state index < -0.39 is 23.0 Å². The van der Waals surface area contributed by atoms with E-state index in [2.05, 4.69) is 0 Å². The molecule has 0 spiro atoms. The van der Waals surface area contributed by atoms with Crippen molar-refractivity contribution in [1.82, 2.24) is 0 Å². The minimum absolute atomic E-state index is 0.305. The Morgan fingerprint density at radius 1 is 1.14 bits per heavy atom. The monoisotopic (exact) mass is 283 g/mol. The molecule has 2 nitrogen and oxygen atoms in total. The lowest BCUT2D eigenvalue weighted by Crippen LogP contribution is -2.03. The van der Waals surface area contributed by atoms with Crippen LogP contribution in [-0.2, 0) is 0 Å². The number of halogens is 2. The van der Waals surface area contributed by atoms with E-state index in [-0.39, 0.29) is 5.57 Å². The molecule has 2 rings (SSSR count). The van der Waals surface area contributed by atoms with Gasteiger partial charge in [-0.3, -0.25) is 4.79 Å². The lowest BCUT2D eigenvalue weighted by atomic mass is 10.0. The number of rotatable bonds is 3. The highest BCUT2D eigenvalue weighted by Crippen LogP contribution is 2.18. The number of carbonyl (C=O) groups is 1. The second-order valence-corrected chi connectivity index (χ2v) is 4.50. The van der Waals surface area contributed by atoms with Crippen molar-refractivity contribution in [3.05, 3.63) is 76.4 Å². The van der Waals surface area contributed by atoms with E-state index in [1.165, 1.54) is 6.07 Å². The number of allylic oxidation sites excluding steroid dienone is 1. The van der Waals surface area contributed by atoms with Crippen LogP contribution in [0.4, 0.5) is 8.78 Å². The van der Waals surface area contributed by atoms with E-state index in [1.54, 1.807) is 24.3 Å². The highest BCUT2D eigenvalue weighted by atomic mass is 19.1. The molecule has 0 saturated heterocycles. The van der Waals surface area contributed by atoms with Crippen LogP contribution in [0.1, 0.15) is 21.5 Å². The minimum atomic E-state index is -0.820. The molecule has 0 aliphatic carbocycles. The predicted molar refractivity (Wildman–Crippen MR) is 75.5 cm³/mol. The van der Waals surface area contributed by atoms with Crippen LogP contribution in [0.25, 0.3) is 6.08 Å². The smallest absolute Gasteiger partial charge is 0.203 e. The van der Waals surface area contributed by atoms with Gasteiger partial charge in [0.15, 0.2) is 0 Å². The van der Waals surface area contributed by atoms with E-state index in [0.717, 1.165) is 23.8 Å². The molecule has 0 fully saturated rings. The topological polar surface area (TPSA) is 40.9 Å². The van der Waals surface area contributed by atoms with Crippen LogP contribution < -0.4 is 0 Å². The Morgan fingerprint density at radius 3 is 2.33 bits per heavy atom. The molecule has 0 N–H and O–H groups in total. The van der Waals surface area contributed by atoms with Crippen LogP contribution in [-0.4, -0.2) is 5.78 Å². The van der Waals surface area contributed by atoms with Crippen molar-refractivity contribution >= 4 is 11.9 Å². The molecule has 2 aromatic rings. The molecule has 0 aliphatic heterocycles. The van der Waals surface area contributed by atoms with Gasteiger partial charge in [0.1, 0.15) is 23.3 Å². The summed E-state index contributed by atoms with van der Waals surface area (Å²) in [6, 6.07) is 11.7. The van der Waals surface area contributed by atoms with Crippen LogP contribution >= 0.6 is 0 Å². The van der Waals surface area contributed by atoms with Crippen molar-refractivity contribution < 1.29 is 13.6 Å². The molecule has 0 aromatic heterocycles. The molecular formula is C17H11F2NO. The fourth-order valence-corrected chi connectivity index (χ4v) is 1.88. The van der Waals surface area contributed by atoms with Gasteiger partial charge in [-0.2, -0.15) is 5.26 Å². The normalized spacial score (nSPS) is 11.0. The molecule has 2 aromatic carbocycles. The van der Waals surface area contributed by atoms with Gasteiger partial charge >= 0.3 is 0 Å². The second kappa shape index (κ2) is 6.10. The zero-order valence-corrected chi connectivity index (χ0v) is 11.2. The highest BCUT2D eigenvalue weighted by Gasteiger charge is 2.15. The lowest BCUT2D eigenvalue weighted by molar-refractivity contribution is 0.104. The Labute approximate surface area is 121 Å². The Morgan fingerprint density at radius 2 is 1.76 bits per heavy atom. The van der Waals surface area contributed by atoms with E-state index in [1.807, 2.05) is 13.0 Å². The number of benzene rings is 2. The van der Waals surface area contributed by atoms with Crippen LogP contribution in [0.15, 0.2) is 48.0 Å². The summed E-state index contributed by atoms with van der Waals surface area (Å²) in [6.45, 7) is 1.81. The zero-order valence-electron chi connectivity index (χ0n) is 11.2. The maximum Gasteiger partial charge on any atom is 0.203 e. The number of nitriles is 1. The maximum atomic E-state index is 13.6. The molecular weight excluding hydrogens is 272 g/mol. The van der Waals surface area contributed by atoms with E-state index in [4.69, 9.17) is 5.26 Å². The first-order valence-corrected chi connectivity index (χ1v) is 6.20. The molecule has 0 atom stereocenters. The van der Waals surface area contributed by atoms with Crippen LogP contribution in [0.2, 0.25) is 0 Å². The third-order valence-corrected chi connectivity index (χ3v) is 2.93. The first kappa shape index (κ1) is 14.6.